The Morgan fingerprint density at radius 2 is 2.06 bits per heavy atom. The summed E-state index contributed by atoms with van der Waals surface area (Å²) in [7, 11) is 4.65. The maximum Gasteiger partial charge on any atom is 0.172 e. The first-order valence-corrected chi connectivity index (χ1v) is 4.92. The molecule has 2 N–H and O–H groups in total. The number of methoxy groups -OCH3 is 2. The minimum absolute atomic E-state index is 0.314. The van der Waals surface area contributed by atoms with Crippen LogP contribution in [-0.4, -0.2) is 32.9 Å². The minimum atomic E-state index is -0.659. The van der Waals surface area contributed by atoms with Gasteiger partial charge in [-0.05, 0) is 20.0 Å². The molecule has 1 aromatic rings. The van der Waals surface area contributed by atoms with Gasteiger partial charge in [-0.1, -0.05) is 0 Å². The number of phenols is 1. The summed E-state index contributed by atoms with van der Waals surface area (Å²) in [4.78, 5) is 0. The summed E-state index contributed by atoms with van der Waals surface area (Å²) in [5.74, 6) is -0.433. The van der Waals surface area contributed by atoms with Crippen molar-refractivity contribution in [2.45, 2.75) is 6.42 Å². The van der Waals surface area contributed by atoms with Crippen molar-refractivity contribution in [1.29, 1.82) is 0 Å². The molecule has 0 saturated heterocycles. The first kappa shape index (κ1) is 12.6. The molecule has 0 heterocycles. The number of likely N-dealkylation sites (N-methyl/N-ethyl adjacent to an activating group) is 1. The van der Waals surface area contributed by atoms with E-state index in [2.05, 4.69) is 5.32 Å². The molecule has 0 aliphatic rings. The van der Waals surface area contributed by atoms with Crippen LogP contribution in [0.2, 0.25) is 0 Å². The average Bonchev–Trinajstić information content (AvgIpc) is 2.30. The maximum absolute atomic E-state index is 13.7. The molecule has 1 aromatic carbocycles. The van der Waals surface area contributed by atoms with Crippen LogP contribution in [0, 0.1) is 5.82 Å². The second kappa shape index (κ2) is 5.55. The van der Waals surface area contributed by atoms with Gasteiger partial charge in [0, 0.05) is 11.6 Å². The third-order valence-corrected chi connectivity index (χ3v) is 2.30. The Kier molecular flexibility index (Phi) is 4.37. The summed E-state index contributed by atoms with van der Waals surface area (Å²) in [6, 6.07) is 1.21. The van der Waals surface area contributed by atoms with E-state index in [1.54, 1.807) is 7.05 Å². The van der Waals surface area contributed by atoms with Crippen molar-refractivity contribution in [1.82, 2.24) is 5.32 Å². The van der Waals surface area contributed by atoms with E-state index >= 15 is 0 Å². The van der Waals surface area contributed by atoms with Gasteiger partial charge in [-0.2, -0.15) is 0 Å². The lowest BCUT2D eigenvalue weighted by molar-refractivity contribution is 0.339. The van der Waals surface area contributed by atoms with Crippen LogP contribution in [-0.2, 0) is 6.42 Å². The number of nitrogens with one attached hydrogen (secondary N) is 1. The number of hydrogen-bond donors (Lipinski definition) is 2. The van der Waals surface area contributed by atoms with Gasteiger partial charge in [-0.25, -0.2) is 4.39 Å². The van der Waals surface area contributed by atoms with Crippen LogP contribution in [0.4, 0.5) is 4.39 Å². The van der Waals surface area contributed by atoms with Crippen molar-refractivity contribution in [3.05, 3.63) is 17.4 Å². The van der Waals surface area contributed by atoms with Gasteiger partial charge >= 0.3 is 0 Å². The zero-order valence-electron chi connectivity index (χ0n) is 9.63. The topological polar surface area (TPSA) is 50.7 Å². The molecule has 0 fully saturated rings. The lowest BCUT2D eigenvalue weighted by atomic mass is 10.1. The molecule has 16 heavy (non-hydrogen) atoms. The van der Waals surface area contributed by atoms with Crippen molar-refractivity contribution < 1.29 is 19.0 Å². The van der Waals surface area contributed by atoms with Crippen LogP contribution in [0.25, 0.3) is 0 Å². The Hall–Kier alpha value is -1.49. The summed E-state index contributed by atoms with van der Waals surface area (Å²) in [5, 5.41) is 12.3. The summed E-state index contributed by atoms with van der Waals surface area (Å²) < 4.78 is 23.8. The normalized spacial score (nSPS) is 10.2. The molecule has 0 aromatic heterocycles. The predicted octanol–water partition coefficient (Wildman–Crippen LogP) is 1.31. The largest absolute Gasteiger partial charge is 0.505 e. The van der Waals surface area contributed by atoms with Gasteiger partial charge in [-0.15, -0.1) is 0 Å². The Morgan fingerprint density at radius 3 is 2.56 bits per heavy atom. The zero-order valence-corrected chi connectivity index (χ0v) is 9.63. The molecule has 0 bridgehead atoms. The van der Waals surface area contributed by atoms with Crippen molar-refractivity contribution in [2.75, 3.05) is 27.8 Å². The van der Waals surface area contributed by atoms with Gasteiger partial charge in [-0.3, -0.25) is 0 Å². The van der Waals surface area contributed by atoms with Crippen LogP contribution < -0.4 is 14.8 Å². The van der Waals surface area contributed by atoms with Crippen molar-refractivity contribution >= 4 is 0 Å². The fourth-order valence-electron chi connectivity index (χ4n) is 1.50. The van der Waals surface area contributed by atoms with Crippen LogP contribution in [0.5, 0.6) is 17.2 Å². The number of benzene rings is 1. The second-order valence-electron chi connectivity index (χ2n) is 3.28. The lowest BCUT2D eigenvalue weighted by Gasteiger charge is -2.14. The molecule has 0 aliphatic carbocycles. The highest BCUT2D eigenvalue weighted by Crippen LogP contribution is 2.38. The van der Waals surface area contributed by atoms with Gasteiger partial charge in [0.2, 0.25) is 0 Å². The van der Waals surface area contributed by atoms with Crippen LogP contribution >= 0.6 is 0 Å². The Balaban J connectivity index is 3.23. The predicted molar refractivity (Wildman–Crippen MR) is 58.8 cm³/mol. The molecule has 0 radical (unpaired) electrons. The van der Waals surface area contributed by atoms with Crippen molar-refractivity contribution in [2.24, 2.45) is 0 Å². The fraction of sp³-hybridized carbons (Fsp3) is 0.455. The van der Waals surface area contributed by atoms with Gasteiger partial charge in [0.1, 0.15) is 0 Å². The van der Waals surface area contributed by atoms with Crippen molar-refractivity contribution in [3.8, 4) is 17.2 Å². The highest BCUT2D eigenvalue weighted by molar-refractivity contribution is 5.52. The van der Waals surface area contributed by atoms with Gasteiger partial charge < -0.3 is 19.9 Å². The van der Waals surface area contributed by atoms with E-state index in [-0.39, 0.29) is 0 Å². The van der Waals surface area contributed by atoms with E-state index < -0.39 is 11.6 Å². The number of phenolic OH excluding ortho intramolecular Hbond substituents is 1. The molecule has 0 aliphatic heterocycles. The molecule has 4 nitrogen and oxygen atoms in total. The smallest absolute Gasteiger partial charge is 0.172 e. The Morgan fingerprint density at radius 1 is 1.38 bits per heavy atom. The van der Waals surface area contributed by atoms with Crippen LogP contribution in [0.3, 0.4) is 0 Å². The highest BCUT2D eigenvalue weighted by atomic mass is 19.1. The molecular formula is C11H16FNO3. The standard InChI is InChI=1S/C11H16FNO3/c1-13-5-4-7-10(12)8(14)6-9(15-2)11(7)16-3/h6,13-14H,4-5H2,1-3H3. The van der Waals surface area contributed by atoms with E-state index in [0.29, 0.717) is 30.0 Å². The van der Waals surface area contributed by atoms with E-state index in [1.165, 1.54) is 20.3 Å². The highest BCUT2D eigenvalue weighted by Gasteiger charge is 2.18. The molecule has 0 amide bonds. The molecule has 1 rings (SSSR count). The fourth-order valence-corrected chi connectivity index (χ4v) is 1.50. The van der Waals surface area contributed by atoms with Gasteiger partial charge in [0.15, 0.2) is 23.1 Å². The zero-order chi connectivity index (χ0) is 12.1. The van der Waals surface area contributed by atoms with Gasteiger partial charge in [0.05, 0.1) is 14.2 Å². The second-order valence-corrected chi connectivity index (χ2v) is 3.28. The van der Waals surface area contributed by atoms with Crippen LogP contribution in [0.1, 0.15) is 5.56 Å². The molecule has 0 spiro atoms. The summed E-state index contributed by atoms with van der Waals surface area (Å²) >= 11 is 0. The summed E-state index contributed by atoms with van der Waals surface area (Å²) in [6.45, 7) is 0.583. The van der Waals surface area contributed by atoms with E-state index in [4.69, 9.17) is 9.47 Å². The number of hydrogen-bond acceptors (Lipinski definition) is 4. The SMILES string of the molecule is CNCCc1c(F)c(O)cc(OC)c1OC. The molecule has 0 atom stereocenters. The number of aromatic hydroxyl groups is 1. The third-order valence-electron chi connectivity index (χ3n) is 2.30. The summed E-state index contributed by atoms with van der Waals surface area (Å²) in [6.07, 6.45) is 0.413. The quantitative estimate of drug-likeness (QED) is 0.799. The number of halogens is 1. The minimum Gasteiger partial charge on any atom is -0.505 e. The number of rotatable bonds is 5. The van der Waals surface area contributed by atoms with Crippen LogP contribution in [0.15, 0.2) is 6.07 Å². The molecule has 0 unspecified atom stereocenters. The average molecular weight is 229 g/mol. The summed E-state index contributed by atoms with van der Waals surface area (Å²) in [5.41, 5.74) is 0.314. The third kappa shape index (κ3) is 2.36. The molecule has 90 valence electrons. The number of ether oxygens (including phenoxy) is 2. The Bertz CT molecular complexity index is 369. The van der Waals surface area contributed by atoms with Crippen molar-refractivity contribution in [3.63, 3.8) is 0 Å². The lowest BCUT2D eigenvalue weighted by Crippen LogP contribution is -2.12. The molecule has 5 heteroatoms. The first-order valence-electron chi connectivity index (χ1n) is 4.92. The maximum atomic E-state index is 13.7. The van der Waals surface area contributed by atoms with E-state index in [9.17, 15) is 9.50 Å². The Labute approximate surface area is 94.0 Å². The van der Waals surface area contributed by atoms with Gasteiger partial charge in [0.25, 0.3) is 0 Å². The first-order chi connectivity index (χ1) is 7.65. The monoisotopic (exact) mass is 229 g/mol. The van der Waals surface area contributed by atoms with E-state index in [1.807, 2.05) is 0 Å². The van der Waals surface area contributed by atoms with E-state index in [0.717, 1.165) is 0 Å². The molecular weight excluding hydrogens is 213 g/mol. The molecule has 0 saturated carbocycles.